The van der Waals surface area contributed by atoms with Crippen molar-refractivity contribution in [3.05, 3.63) is 71.0 Å². The van der Waals surface area contributed by atoms with Gasteiger partial charge in [-0.3, -0.25) is 9.69 Å². The molecule has 174 valence electrons. The molecule has 8 heteroatoms. The molecule has 1 saturated heterocycles. The summed E-state index contributed by atoms with van der Waals surface area (Å²) in [6.45, 7) is 5.28. The molecule has 2 aromatic carbocycles. The molecule has 0 radical (unpaired) electrons. The summed E-state index contributed by atoms with van der Waals surface area (Å²) in [4.78, 5) is 14.9. The Bertz CT molecular complexity index is 916. The highest BCUT2D eigenvalue weighted by molar-refractivity contribution is 5.82. The van der Waals surface area contributed by atoms with E-state index < -0.39 is 11.7 Å². The zero-order valence-electron chi connectivity index (χ0n) is 18.3. The minimum absolute atomic E-state index is 0.0192. The summed E-state index contributed by atoms with van der Waals surface area (Å²) in [5, 5.41) is 6.20. The van der Waals surface area contributed by atoms with Gasteiger partial charge in [0.1, 0.15) is 5.82 Å². The Morgan fingerprint density at radius 3 is 2.59 bits per heavy atom. The lowest BCUT2D eigenvalue weighted by Gasteiger charge is -2.27. The van der Waals surface area contributed by atoms with E-state index in [1.54, 1.807) is 24.3 Å². The maximum absolute atomic E-state index is 13.8. The van der Waals surface area contributed by atoms with E-state index in [0.717, 1.165) is 12.1 Å². The van der Waals surface area contributed by atoms with E-state index >= 15 is 0 Å². The van der Waals surface area contributed by atoms with Crippen LogP contribution < -0.4 is 10.6 Å². The number of carbonyl (C=O) groups excluding carboxylic acids is 1. The number of nitrogens with one attached hydrogen (secondary N) is 2. The van der Waals surface area contributed by atoms with Crippen LogP contribution in [0.1, 0.15) is 37.0 Å². The van der Waals surface area contributed by atoms with Gasteiger partial charge in [0.05, 0.1) is 11.6 Å². The van der Waals surface area contributed by atoms with Gasteiger partial charge in [-0.05, 0) is 49.9 Å². The van der Waals surface area contributed by atoms with Gasteiger partial charge in [-0.15, -0.1) is 0 Å². The highest BCUT2D eigenvalue weighted by Gasteiger charge is 2.37. The molecule has 4 nitrogen and oxygen atoms in total. The molecule has 0 bridgehead atoms. The fourth-order valence-corrected chi connectivity index (χ4v) is 4.10. The van der Waals surface area contributed by atoms with Gasteiger partial charge in [-0.2, -0.15) is 13.2 Å². The average molecular weight is 452 g/mol. The van der Waals surface area contributed by atoms with Crippen molar-refractivity contribution < 1.29 is 22.4 Å². The topological polar surface area (TPSA) is 44.4 Å². The fourth-order valence-electron chi connectivity index (χ4n) is 4.10. The third-order valence-corrected chi connectivity index (χ3v) is 5.81. The second kappa shape index (κ2) is 10.4. The van der Waals surface area contributed by atoms with Gasteiger partial charge in [0.25, 0.3) is 0 Å². The molecule has 0 unspecified atom stereocenters. The smallest absolute Gasteiger partial charge is 0.354 e. The number of nitrogens with zero attached hydrogens (tertiary/aromatic N) is 1. The van der Waals surface area contributed by atoms with Crippen LogP contribution in [0, 0.1) is 5.82 Å². The third-order valence-electron chi connectivity index (χ3n) is 5.81. The Kier molecular flexibility index (Phi) is 7.90. The first-order chi connectivity index (χ1) is 15.1. The fraction of sp³-hybridized carbons (Fsp3) is 0.458. The number of halogens is 4. The number of likely N-dealkylation sites (tertiary alicyclic amines) is 1. The Labute approximate surface area is 186 Å². The molecule has 2 atom stereocenters. The van der Waals surface area contributed by atoms with Gasteiger partial charge in [-0.25, -0.2) is 4.39 Å². The summed E-state index contributed by atoms with van der Waals surface area (Å²) in [6, 6.07) is 11.5. The number of carbonyl (C=O) groups is 1. The van der Waals surface area contributed by atoms with Crippen LogP contribution >= 0.6 is 0 Å². The number of benzene rings is 2. The van der Waals surface area contributed by atoms with Gasteiger partial charge >= 0.3 is 6.18 Å². The van der Waals surface area contributed by atoms with Crippen LogP contribution in [0.5, 0.6) is 0 Å². The number of alkyl halides is 3. The maximum atomic E-state index is 13.8. The van der Waals surface area contributed by atoms with E-state index in [4.69, 9.17) is 0 Å². The Hall–Kier alpha value is -2.45. The largest absolute Gasteiger partial charge is 0.416 e. The molecule has 0 aromatic heterocycles. The van der Waals surface area contributed by atoms with Crippen molar-refractivity contribution in [2.45, 2.75) is 57.5 Å². The van der Waals surface area contributed by atoms with E-state index in [2.05, 4.69) is 15.5 Å². The monoisotopic (exact) mass is 451 g/mol. The van der Waals surface area contributed by atoms with Crippen LogP contribution in [-0.4, -0.2) is 42.0 Å². The Balaban J connectivity index is 1.55. The van der Waals surface area contributed by atoms with Gasteiger partial charge in [0.15, 0.2) is 0 Å². The first kappa shape index (κ1) is 24.2. The SMILES string of the molecule is CC(C)N1C[C@H](NCc2cccc(C(F)(F)F)c2)C[C@H]1C(=O)NCCc1ccccc1F. The van der Waals surface area contributed by atoms with E-state index in [0.29, 0.717) is 43.6 Å². The average Bonchev–Trinajstić information content (AvgIpc) is 3.18. The van der Waals surface area contributed by atoms with E-state index in [1.807, 2.05) is 13.8 Å². The minimum atomic E-state index is -4.37. The number of rotatable bonds is 8. The molecule has 1 fully saturated rings. The molecular weight excluding hydrogens is 422 g/mol. The molecule has 0 spiro atoms. The van der Waals surface area contributed by atoms with Crippen molar-refractivity contribution in [1.29, 1.82) is 0 Å². The molecule has 1 aliphatic heterocycles. The van der Waals surface area contributed by atoms with Gasteiger partial charge in [0.2, 0.25) is 5.91 Å². The van der Waals surface area contributed by atoms with Crippen molar-refractivity contribution in [3.8, 4) is 0 Å². The molecule has 2 aromatic rings. The number of hydrogen-bond acceptors (Lipinski definition) is 3. The minimum Gasteiger partial charge on any atom is -0.354 e. The lowest BCUT2D eigenvalue weighted by atomic mass is 10.1. The number of amides is 1. The van der Waals surface area contributed by atoms with Crippen molar-refractivity contribution in [3.63, 3.8) is 0 Å². The highest BCUT2D eigenvalue weighted by atomic mass is 19.4. The molecule has 2 N–H and O–H groups in total. The molecule has 0 aliphatic carbocycles. The Morgan fingerprint density at radius 2 is 1.91 bits per heavy atom. The zero-order valence-corrected chi connectivity index (χ0v) is 18.3. The van der Waals surface area contributed by atoms with Gasteiger partial charge < -0.3 is 10.6 Å². The van der Waals surface area contributed by atoms with Gasteiger partial charge in [-0.1, -0.05) is 36.4 Å². The first-order valence-electron chi connectivity index (χ1n) is 10.8. The van der Waals surface area contributed by atoms with Crippen molar-refractivity contribution in [2.24, 2.45) is 0 Å². The number of hydrogen-bond donors (Lipinski definition) is 2. The van der Waals surface area contributed by atoms with Crippen molar-refractivity contribution in [2.75, 3.05) is 13.1 Å². The molecule has 32 heavy (non-hydrogen) atoms. The van der Waals surface area contributed by atoms with E-state index in [-0.39, 0.29) is 29.8 Å². The molecular formula is C24H29F4N3O. The normalized spacial score (nSPS) is 19.5. The van der Waals surface area contributed by atoms with Crippen LogP contribution in [0.15, 0.2) is 48.5 Å². The van der Waals surface area contributed by atoms with E-state index in [1.165, 1.54) is 12.1 Å². The standard InChI is InChI=1S/C24H29F4N3O/c1-16(2)31-15-20(30-14-17-6-5-8-19(12-17)24(26,27)28)13-22(31)23(32)29-11-10-18-7-3-4-9-21(18)25/h3-9,12,16,20,22,30H,10-11,13-15H2,1-2H3,(H,29,32)/t20-,22+/m1/s1. The Morgan fingerprint density at radius 1 is 1.16 bits per heavy atom. The zero-order chi connectivity index (χ0) is 23.3. The van der Waals surface area contributed by atoms with Crippen molar-refractivity contribution in [1.82, 2.24) is 15.5 Å². The molecule has 3 rings (SSSR count). The van der Waals surface area contributed by atoms with Crippen LogP contribution in [0.3, 0.4) is 0 Å². The summed E-state index contributed by atoms with van der Waals surface area (Å²) in [6.07, 6.45) is -3.41. The lowest BCUT2D eigenvalue weighted by Crippen LogP contribution is -2.46. The lowest BCUT2D eigenvalue weighted by molar-refractivity contribution is -0.137. The maximum Gasteiger partial charge on any atom is 0.416 e. The quantitative estimate of drug-likeness (QED) is 0.593. The van der Waals surface area contributed by atoms with Crippen LogP contribution in [0.4, 0.5) is 17.6 Å². The van der Waals surface area contributed by atoms with Crippen LogP contribution in [0.25, 0.3) is 0 Å². The molecule has 1 amide bonds. The predicted molar refractivity (Wildman–Crippen MR) is 115 cm³/mol. The van der Waals surface area contributed by atoms with Crippen molar-refractivity contribution >= 4 is 5.91 Å². The van der Waals surface area contributed by atoms with E-state index in [9.17, 15) is 22.4 Å². The third kappa shape index (κ3) is 6.29. The van der Waals surface area contributed by atoms with Gasteiger partial charge in [0, 0.05) is 31.7 Å². The molecule has 1 aliphatic rings. The summed E-state index contributed by atoms with van der Waals surface area (Å²) in [5.74, 6) is -0.399. The highest BCUT2D eigenvalue weighted by Crippen LogP contribution is 2.29. The second-order valence-electron chi connectivity index (χ2n) is 8.45. The van der Waals surface area contributed by atoms with Crippen LogP contribution in [0.2, 0.25) is 0 Å². The first-order valence-corrected chi connectivity index (χ1v) is 10.8. The summed E-state index contributed by atoms with van der Waals surface area (Å²) in [7, 11) is 0. The second-order valence-corrected chi connectivity index (χ2v) is 8.45. The molecule has 0 saturated carbocycles. The summed E-state index contributed by atoms with van der Waals surface area (Å²) >= 11 is 0. The predicted octanol–water partition coefficient (Wildman–Crippen LogP) is 4.14. The summed E-state index contributed by atoms with van der Waals surface area (Å²) in [5.41, 5.74) is 0.438. The van der Waals surface area contributed by atoms with Crippen LogP contribution in [-0.2, 0) is 23.9 Å². The molecule has 1 heterocycles. The summed E-state index contributed by atoms with van der Waals surface area (Å²) < 4.78 is 52.5.